The van der Waals surface area contributed by atoms with Crippen molar-refractivity contribution in [3.8, 4) is 0 Å². The Labute approximate surface area is 141 Å². The number of aryl methyl sites for hydroxylation is 1. The Balaban J connectivity index is 2.57. The number of halogens is 1. The number of carbonyl (C=O) groups is 1. The van der Waals surface area contributed by atoms with Crippen LogP contribution in [-0.4, -0.2) is 44.5 Å². The number of nitrogens with one attached hydrogen (secondary N) is 2. The molecule has 2 atom stereocenters. The molecule has 0 aliphatic heterocycles. The number of amides is 1. The molecule has 0 radical (unpaired) electrons. The van der Waals surface area contributed by atoms with E-state index < -0.39 is 23.9 Å². The van der Waals surface area contributed by atoms with E-state index in [0.29, 0.717) is 5.82 Å². The largest absolute Gasteiger partial charge is 0.444 e. The van der Waals surface area contributed by atoms with E-state index in [9.17, 15) is 15.0 Å². The van der Waals surface area contributed by atoms with Gasteiger partial charge in [-0.3, -0.25) is 0 Å². The van der Waals surface area contributed by atoms with Gasteiger partial charge in [0.1, 0.15) is 23.6 Å². The zero-order valence-electron chi connectivity index (χ0n) is 14.0. The van der Waals surface area contributed by atoms with Gasteiger partial charge in [0, 0.05) is 13.0 Å². The third-order valence-electron chi connectivity index (χ3n) is 3.02. The highest BCUT2D eigenvalue weighted by atomic mass is 35.5. The van der Waals surface area contributed by atoms with Crippen molar-refractivity contribution in [2.75, 3.05) is 6.54 Å². The minimum absolute atomic E-state index is 0.125. The predicted molar refractivity (Wildman–Crippen MR) is 87.4 cm³/mol. The highest BCUT2D eigenvalue weighted by Crippen LogP contribution is 2.23. The normalized spacial score (nSPS) is 14.4. The Morgan fingerprint density at radius 1 is 1.43 bits per heavy atom. The van der Waals surface area contributed by atoms with Crippen LogP contribution in [0.4, 0.5) is 4.79 Å². The van der Waals surface area contributed by atoms with Gasteiger partial charge in [0.05, 0.1) is 5.69 Å². The molecule has 0 fully saturated rings. The Morgan fingerprint density at radius 2 is 2.09 bits per heavy atom. The van der Waals surface area contributed by atoms with E-state index in [1.54, 1.807) is 20.8 Å². The van der Waals surface area contributed by atoms with Crippen LogP contribution in [-0.2, 0) is 11.2 Å². The fraction of sp³-hybridized carbons (Fsp3) is 0.733. The summed E-state index contributed by atoms with van der Waals surface area (Å²) in [4.78, 5) is 18.6. The lowest BCUT2D eigenvalue weighted by molar-refractivity contribution is 0.0111. The van der Waals surface area contributed by atoms with Gasteiger partial charge in [0.25, 0.3) is 0 Å². The van der Waals surface area contributed by atoms with Crippen molar-refractivity contribution in [1.82, 2.24) is 15.3 Å². The fourth-order valence-electron chi connectivity index (χ4n) is 1.88. The van der Waals surface area contributed by atoms with Gasteiger partial charge < -0.3 is 25.3 Å². The van der Waals surface area contributed by atoms with Crippen LogP contribution in [0.1, 0.15) is 58.2 Å². The van der Waals surface area contributed by atoms with E-state index in [1.165, 1.54) is 0 Å². The Hall–Kier alpha value is -1.31. The molecule has 1 rings (SSSR count). The summed E-state index contributed by atoms with van der Waals surface area (Å²) in [6.07, 6.45) is -0.501. The van der Waals surface area contributed by atoms with E-state index in [-0.39, 0.29) is 17.4 Å². The Kier molecular flexibility index (Phi) is 7.31. The number of rotatable bonds is 7. The van der Waals surface area contributed by atoms with E-state index in [4.69, 9.17) is 16.3 Å². The Morgan fingerprint density at radius 3 is 2.65 bits per heavy atom. The topological polar surface area (TPSA) is 107 Å². The maximum Gasteiger partial charge on any atom is 0.407 e. The zero-order valence-corrected chi connectivity index (χ0v) is 14.8. The number of hydrogen-bond acceptors (Lipinski definition) is 5. The van der Waals surface area contributed by atoms with Crippen molar-refractivity contribution < 1.29 is 19.7 Å². The van der Waals surface area contributed by atoms with E-state index in [2.05, 4.69) is 22.2 Å². The molecule has 1 heterocycles. The number of unbranched alkanes of at least 4 members (excludes halogenated alkanes) is 1. The predicted octanol–water partition coefficient (Wildman–Crippen LogP) is 2.32. The molecule has 1 aromatic heterocycles. The standard InChI is InChI=1S/C15H26ClN3O4/c1-5-6-7-10-18-11(13(16)19-10)12(21)9(20)8-17-14(22)23-15(2,3)4/h9,12,20-21H,5-8H2,1-4H3,(H,17,22)(H,18,19). The van der Waals surface area contributed by atoms with Crippen LogP contribution in [0.3, 0.4) is 0 Å². The second-order valence-electron chi connectivity index (χ2n) is 6.39. The van der Waals surface area contributed by atoms with Crippen molar-refractivity contribution in [2.24, 2.45) is 0 Å². The number of ether oxygens (including phenoxy) is 1. The summed E-state index contributed by atoms with van der Waals surface area (Å²) < 4.78 is 5.06. The van der Waals surface area contributed by atoms with Gasteiger partial charge in [0.15, 0.2) is 5.15 Å². The molecule has 0 saturated heterocycles. The van der Waals surface area contributed by atoms with Crippen LogP contribution in [0.2, 0.25) is 5.15 Å². The van der Waals surface area contributed by atoms with Crippen LogP contribution < -0.4 is 5.32 Å². The van der Waals surface area contributed by atoms with E-state index in [1.807, 2.05) is 0 Å². The summed E-state index contributed by atoms with van der Waals surface area (Å²) in [6, 6.07) is 0. The molecule has 0 bridgehead atoms. The quantitative estimate of drug-likeness (QED) is 0.605. The SMILES string of the molecule is CCCCc1nc(Cl)c(C(O)C(O)CNC(=O)OC(C)(C)C)[nH]1. The number of hydrogen-bond donors (Lipinski definition) is 4. The molecule has 4 N–H and O–H groups in total. The van der Waals surface area contributed by atoms with Crippen LogP contribution in [0.5, 0.6) is 0 Å². The average Bonchev–Trinajstić information content (AvgIpc) is 2.80. The molecule has 2 unspecified atom stereocenters. The van der Waals surface area contributed by atoms with Crippen molar-refractivity contribution >= 4 is 17.7 Å². The third-order valence-corrected chi connectivity index (χ3v) is 3.30. The smallest absolute Gasteiger partial charge is 0.407 e. The molecule has 7 nitrogen and oxygen atoms in total. The minimum atomic E-state index is -1.28. The van der Waals surface area contributed by atoms with Crippen LogP contribution in [0.15, 0.2) is 0 Å². The summed E-state index contributed by atoms with van der Waals surface area (Å²) in [5.41, 5.74) is -0.384. The van der Waals surface area contributed by atoms with Gasteiger partial charge in [-0.1, -0.05) is 24.9 Å². The summed E-state index contributed by atoms with van der Waals surface area (Å²) in [6.45, 7) is 7.10. The van der Waals surface area contributed by atoms with Gasteiger partial charge in [-0.2, -0.15) is 0 Å². The van der Waals surface area contributed by atoms with Gasteiger partial charge in [-0.15, -0.1) is 0 Å². The van der Waals surface area contributed by atoms with Crippen molar-refractivity contribution in [3.63, 3.8) is 0 Å². The van der Waals surface area contributed by atoms with Crippen molar-refractivity contribution in [3.05, 3.63) is 16.7 Å². The summed E-state index contributed by atoms with van der Waals surface area (Å²) >= 11 is 5.99. The molecule has 1 aromatic rings. The number of carbonyl (C=O) groups excluding carboxylic acids is 1. The lowest BCUT2D eigenvalue weighted by Gasteiger charge is -2.21. The molecule has 132 valence electrons. The number of aliphatic hydroxyl groups is 2. The number of alkyl carbamates (subject to hydrolysis) is 1. The van der Waals surface area contributed by atoms with Crippen molar-refractivity contribution in [2.45, 2.75) is 64.8 Å². The van der Waals surface area contributed by atoms with Crippen molar-refractivity contribution in [1.29, 1.82) is 0 Å². The van der Waals surface area contributed by atoms with Crippen LogP contribution in [0, 0.1) is 0 Å². The van der Waals surface area contributed by atoms with Crippen LogP contribution in [0.25, 0.3) is 0 Å². The minimum Gasteiger partial charge on any atom is -0.444 e. The molecule has 23 heavy (non-hydrogen) atoms. The number of aromatic nitrogens is 2. The summed E-state index contributed by atoms with van der Waals surface area (Å²) in [5, 5.41) is 22.7. The molecule has 8 heteroatoms. The first kappa shape index (κ1) is 19.7. The highest BCUT2D eigenvalue weighted by molar-refractivity contribution is 6.30. The molecule has 0 aliphatic carbocycles. The van der Waals surface area contributed by atoms with Gasteiger partial charge in [-0.05, 0) is 27.2 Å². The van der Waals surface area contributed by atoms with E-state index >= 15 is 0 Å². The monoisotopic (exact) mass is 347 g/mol. The summed E-state index contributed by atoms with van der Waals surface area (Å²) in [7, 11) is 0. The van der Waals surface area contributed by atoms with Gasteiger partial charge in [-0.25, -0.2) is 9.78 Å². The first-order chi connectivity index (χ1) is 10.6. The molecule has 1 amide bonds. The second kappa shape index (κ2) is 8.52. The number of nitrogens with zero attached hydrogens (tertiary/aromatic N) is 1. The first-order valence-corrected chi connectivity index (χ1v) is 8.09. The molecular formula is C15H26ClN3O4. The molecule has 0 spiro atoms. The number of aromatic amines is 1. The number of imidazole rings is 1. The maximum absolute atomic E-state index is 11.5. The zero-order chi connectivity index (χ0) is 17.6. The lowest BCUT2D eigenvalue weighted by atomic mass is 10.1. The molecule has 0 aliphatic rings. The lowest BCUT2D eigenvalue weighted by Crippen LogP contribution is -2.39. The van der Waals surface area contributed by atoms with Gasteiger partial charge in [0.2, 0.25) is 0 Å². The number of H-pyrrole nitrogens is 1. The average molecular weight is 348 g/mol. The maximum atomic E-state index is 11.5. The fourth-order valence-corrected chi connectivity index (χ4v) is 2.14. The number of aliphatic hydroxyl groups excluding tert-OH is 2. The van der Waals surface area contributed by atoms with E-state index in [0.717, 1.165) is 19.3 Å². The van der Waals surface area contributed by atoms with Crippen LogP contribution >= 0.6 is 11.6 Å². The second-order valence-corrected chi connectivity index (χ2v) is 6.74. The highest BCUT2D eigenvalue weighted by Gasteiger charge is 2.25. The Bertz CT molecular complexity index is 513. The first-order valence-electron chi connectivity index (χ1n) is 7.71. The molecule has 0 saturated carbocycles. The molecular weight excluding hydrogens is 322 g/mol. The summed E-state index contributed by atoms with van der Waals surface area (Å²) in [5.74, 6) is 0.665. The third kappa shape index (κ3) is 6.76. The molecule has 0 aromatic carbocycles. The van der Waals surface area contributed by atoms with Gasteiger partial charge >= 0.3 is 6.09 Å².